The molecule has 0 aliphatic heterocycles. The average molecular weight is 403 g/mol. The van der Waals surface area contributed by atoms with Gasteiger partial charge >= 0.3 is 0 Å². The Labute approximate surface area is 130 Å². The second kappa shape index (κ2) is 4.81. The summed E-state index contributed by atoms with van der Waals surface area (Å²) in [5, 5.41) is 10.2. The highest BCUT2D eigenvalue weighted by atomic mass is 79.9. The van der Waals surface area contributed by atoms with Crippen LogP contribution in [0.3, 0.4) is 0 Å². The molecule has 0 aliphatic carbocycles. The summed E-state index contributed by atoms with van der Waals surface area (Å²) in [5.41, 5.74) is 1.99. The summed E-state index contributed by atoms with van der Waals surface area (Å²) >= 11 is 12.6. The van der Waals surface area contributed by atoms with Gasteiger partial charge in [-0.05, 0) is 56.1 Å². The first kappa shape index (κ1) is 13.0. The largest absolute Gasteiger partial charge is 0.506 e. The molecule has 2 aromatic carbocycles. The highest BCUT2D eigenvalue weighted by Crippen LogP contribution is 2.37. The molecule has 0 radical (unpaired) electrons. The van der Waals surface area contributed by atoms with Crippen LogP contribution in [0.25, 0.3) is 22.6 Å². The lowest BCUT2D eigenvalue weighted by Gasteiger charge is -2.02. The minimum absolute atomic E-state index is 0.137. The Kier molecular flexibility index (Phi) is 3.28. The van der Waals surface area contributed by atoms with Gasteiger partial charge in [0.25, 0.3) is 0 Å². The fraction of sp³-hybridized carbons (Fsp3) is 0. The molecule has 3 rings (SSSR count). The number of rotatable bonds is 1. The van der Waals surface area contributed by atoms with Gasteiger partial charge in [-0.3, -0.25) is 0 Å². The van der Waals surface area contributed by atoms with Gasteiger partial charge in [0.1, 0.15) is 11.3 Å². The minimum Gasteiger partial charge on any atom is -0.506 e. The van der Waals surface area contributed by atoms with Crippen LogP contribution in [0.5, 0.6) is 5.75 Å². The van der Waals surface area contributed by atoms with Crippen molar-refractivity contribution in [1.29, 1.82) is 0 Å². The Morgan fingerprint density at radius 1 is 1.16 bits per heavy atom. The Balaban J connectivity index is 2.22. The van der Waals surface area contributed by atoms with Crippen molar-refractivity contribution < 1.29 is 9.52 Å². The van der Waals surface area contributed by atoms with Crippen LogP contribution in [0.2, 0.25) is 5.02 Å². The number of halogens is 3. The summed E-state index contributed by atoms with van der Waals surface area (Å²) in [6, 6.07) is 8.87. The fourth-order valence-corrected chi connectivity index (χ4v) is 3.12. The summed E-state index contributed by atoms with van der Waals surface area (Å²) in [7, 11) is 0. The van der Waals surface area contributed by atoms with Crippen LogP contribution in [0, 0.1) is 0 Å². The number of nitrogens with zero attached hydrogens (tertiary/aromatic N) is 1. The Bertz CT molecular complexity index is 762. The molecule has 0 unspecified atom stereocenters. The standard InChI is InChI=1S/C13H6Br2ClNO2/c14-7-4-6(5-8(15)11(7)18)13-17-10-3-1-2-9(16)12(10)19-13/h1-5,18H. The molecule has 0 saturated carbocycles. The number of oxazole rings is 1. The van der Waals surface area contributed by atoms with Crippen molar-refractivity contribution in [2.75, 3.05) is 0 Å². The van der Waals surface area contributed by atoms with E-state index >= 15 is 0 Å². The lowest BCUT2D eigenvalue weighted by Crippen LogP contribution is -1.80. The predicted molar refractivity (Wildman–Crippen MR) is 81.5 cm³/mol. The topological polar surface area (TPSA) is 46.3 Å². The summed E-state index contributed by atoms with van der Waals surface area (Å²) in [6.07, 6.45) is 0. The lowest BCUT2D eigenvalue weighted by molar-refractivity contribution is 0.468. The first-order valence-electron chi connectivity index (χ1n) is 5.29. The van der Waals surface area contributed by atoms with Gasteiger partial charge in [-0.25, -0.2) is 4.98 Å². The van der Waals surface area contributed by atoms with E-state index in [9.17, 15) is 5.11 Å². The van der Waals surface area contributed by atoms with Crippen LogP contribution in [0.4, 0.5) is 0 Å². The molecule has 3 aromatic rings. The molecule has 0 bridgehead atoms. The molecule has 0 fully saturated rings. The summed E-state index contributed by atoms with van der Waals surface area (Å²) in [6.45, 7) is 0. The Hall–Kier alpha value is -1.04. The monoisotopic (exact) mass is 401 g/mol. The van der Waals surface area contributed by atoms with Gasteiger partial charge in [0.15, 0.2) is 5.58 Å². The van der Waals surface area contributed by atoms with Crippen molar-refractivity contribution in [2.45, 2.75) is 0 Å². The molecule has 0 aliphatic rings. The Morgan fingerprint density at radius 3 is 2.47 bits per heavy atom. The molecule has 1 heterocycles. The first-order valence-corrected chi connectivity index (χ1v) is 7.26. The number of aromatic nitrogens is 1. The zero-order valence-corrected chi connectivity index (χ0v) is 13.3. The maximum absolute atomic E-state index is 9.70. The van der Waals surface area contributed by atoms with Gasteiger partial charge < -0.3 is 9.52 Å². The van der Waals surface area contributed by atoms with E-state index in [1.165, 1.54) is 0 Å². The van der Waals surface area contributed by atoms with Crippen LogP contribution < -0.4 is 0 Å². The molecule has 0 spiro atoms. The second-order valence-electron chi connectivity index (χ2n) is 3.90. The smallest absolute Gasteiger partial charge is 0.227 e. The van der Waals surface area contributed by atoms with Crippen LogP contribution in [0.15, 0.2) is 43.7 Å². The van der Waals surface area contributed by atoms with Crippen molar-refractivity contribution in [3.63, 3.8) is 0 Å². The van der Waals surface area contributed by atoms with Gasteiger partial charge in [-0.1, -0.05) is 17.7 Å². The highest BCUT2D eigenvalue weighted by molar-refractivity contribution is 9.11. The maximum Gasteiger partial charge on any atom is 0.227 e. The molecule has 6 heteroatoms. The maximum atomic E-state index is 9.70. The quantitative estimate of drug-likeness (QED) is 0.593. The van der Waals surface area contributed by atoms with E-state index in [2.05, 4.69) is 36.8 Å². The van der Waals surface area contributed by atoms with Crippen molar-refractivity contribution in [3.8, 4) is 17.2 Å². The minimum atomic E-state index is 0.137. The molecule has 3 nitrogen and oxygen atoms in total. The van der Waals surface area contributed by atoms with E-state index in [1.807, 2.05) is 12.1 Å². The molecule has 96 valence electrons. The van der Waals surface area contributed by atoms with Crippen molar-refractivity contribution in [3.05, 3.63) is 44.3 Å². The third-order valence-electron chi connectivity index (χ3n) is 2.63. The summed E-state index contributed by atoms with van der Waals surface area (Å²) < 4.78 is 6.79. The predicted octanol–water partition coefficient (Wildman–Crippen LogP) is 5.38. The number of benzene rings is 2. The molecule has 0 amide bonds. The van der Waals surface area contributed by atoms with E-state index in [-0.39, 0.29) is 5.75 Å². The van der Waals surface area contributed by atoms with Gasteiger partial charge in [0.2, 0.25) is 5.89 Å². The van der Waals surface area contributed by atoms with Crippen molar-refractivity contribution in [1.82, 2.24) is 4.98 Å². The third kappa shape index (κ3) is 2.26. The number of para-hydroxylation sites is 1. The molecule has 1 N–H and O–H groups in total. The van der Waals surface area contributed by atoms with Gasteiger partial charge in [-0.2, -0.15) is 0 Å². The Morgan fingerprint density at radius 2 is 1.84 bits per heavy atom. The molecular weight excluding hydrogens is 397 g/mol. The summed E-state index contributed by atoms with van der Waals surface area (Å²) in [4.78, 5) is 4.38. The molecule has 1 aromatic heterocycles. The zero-order chi connectivity index (χ0) is 13.6. The third-order valence-corrected chi connectivity index (χ3v) is 4.14. The van der Waals surface area contributed by atoms with Crippen molar-refractivity contribution in [2.24, 2.45) is 0 Å². The zero-order valence-electron chi connectivity index (χ0n) is 9.32. The van der Waals surface area contributed by atoms with E-state index in [0.717, 1.165) is 5.56 Å². The average Bonchev–Trinajstić information content (AvgIpc) is 2.81. The first-order chi connectivity index (χ1) is 9.06. The van der Waals surface area contributed by atoms with Crippen LogP contribution in [0.1, 0.15) is 0 Å². The number of aromatic hydroxyl groups is 1. The fourth-order valence-electron chi connectivity index (χ4n) is 1.73. The van der Waals surface area contributed by atoms with E-state index in [1.54, 1.807) is 18.2 Å². The second-order valence-corrected chi connectivity index (χ2v) is 6.01. The molecule has 0 saturated heterocycles. The van der Waals surface area contributed by atoms with Crippen LogP contribution in [-0.2, 0) is 0 Å². The van der Waals surface area contributed by atoms with E-state index in [0.29, 0.717) is 31.0 Å². The lowest BCUT2D eigenvalue weighted by atomic mass is 10.2. The highest BCUT2D eigenvalue weighted by Gasteiger charge is 2.13. The number of hydrogen-bond acceptors (Lipinski definition) is 3. The number of phenolic OH excluding ortho intramolecular Hbond substituents is 1. The normalized spacial score (nSPS) is 11.1. The molecule has 19 heavy (non-hydrogen) atoms. The van der Waals surface area contributed by atoms with Crippen LogP contribution in [-0.4, -0.2) is 10.1 Å². The SMILES string of the molecule is Oc1c(Br)cc(-c2nc3cccc(Cl)c3o2)cc1Br. The van der Waals surface area contributed by atoms with Crippen molar-refractivity contribution >= 4 is 54.6 Å². The number of hydrogen-bond donors (Lipinski definition) is 1. The molecule has 0 atom stereocenters. The summed E-state index contributed by atoms with van der Waals surface area (Å²) in [5.74, 6) is 0.586. The van der Waals surface area contributed by atoms with Gasteiger partial charge in [-0.15, -0.1) is 0 Å². The van der Waals surface area contributed by atoms with Gasteiger partial charge in [0, 0.05) is 5.56 Å². The molecular formula is C13H6Br2ClNO2. The van der Waals surface area contributed by atoms with E-state index < -0.39 is 0 Å². The number of fused-ring (bicyclic) bond motifs is 1. The van der Waals surface area contributed by atoms with E-state index in [4.69, 9.17) is 16.0 Å². The van der Waals surface area contributed by atoms with Crippen LogP contribution >= 0.6 is 43.5 Å². The number of phenols is 1. The van der Waals surface area contributed by atoms with Gasteiger partial charge in [0.05, 0.1) is 14.0 Å².